The Bertz CT molecular complexity index is 952. The van der Waals surface area contributed by atoms with Gasteiger partial charge in [0.25, 0.3) is 5.91 Å². The molecular weight excluding hydrogens is 324 g/mol. The van der Waals surface area contributed by atoms with Crippen LogP contribution in [0.4, 0.5) is 5.69 Å². The minimum absolute atomic E-state index is 0.165. The smallest absolute Gasteiger partial charge is 0.272 e. The third kappa shape index (κ3) is 3.54. The van der Waals surface area contributed by atoms with Crippen LogP contribution < -0.4 is 10.1 Å². The van der Waals surface area contributed by atoms with E-state index in [-0.39, 0.29) is 5.91 Å². The Morgan fingerprint density at radius 2 is 1.92 bits per heavy atom. The lowest BCUT2D eigenvalue weighted by atomic mass is 10.2. The molecule has 0 unspecified atom stereocenters. The Balaban J connectivity index is 2.01. The molecule has 0 bridgehead atoms. The first-order chi connectivity index (χ1) is 12.6. The Morgan fingerprint density at radius 3 is 2.62 bits per heavy atom. The van der Waals surface area contributed by atoms with Crippen molar-refractivity contribution in [3.63, 3.8) is 0 Å². The Morgan fingerprint density at radius 1 is 1.15 bits per heavy atom. The third-order valence-corrected chi connectivity index (χ3v) is 4.12. The van der Waals surface area contributed by atoms with Crippen molar-refractivity contribution in [2.75, 3.05) is 11.9 Å². The van der Waals surface area contributed by atoms with E-state index in [4.69, 9.17) is 4.74 Å². The molecule has 0 spiro atoms. The number of aromatic nitrogens is 1. The van der Waals surface area contributed by atoms with Crippen molar-refractivity contribution in [1.82, 2.24) is 4.57 Å². The molecule has 0 aliphatic rings. The van der Waals surface area contributed by atoms with E-state index in [0.29, 0.717) is 18.8 Å². The zero-order chi connectivity index (χ0) is 18.5. The van der Waals surface area contributed by atoms with Crippen LogP contribution >= 0.6 is 0 Å². The summed E-state index contributed by atoms with van der Waals surface area (Å²) in [4.78, 5) is 12.9. The molecule has 132 valence electrons. The lowest BCUT2D eigenvalue weighted by Gasteiger charge is -2.10. The van der Waals surface area contributed by atoms with E-state index in [0.717, 1.165) is 27.9 Å². The van der Waals surface area contributed by atoms with Gasteiger partial charge in [-0.3, -0.25) is 4.79 Å². The lowest BCUT2D eigenvalue weighted by molar-refractivity contribution is 0.101. The first-order valence-corrected chi connectivity index (χ1v) is 8.49. The van der Waals surface area contributed by atoms with Gasteiger partial charge in [0.15, 0.2) is 0 Å². The number of hydrogen-bond acceptors (Lipinski definition) is 2. The molecule has 3 aromatic rings. The molecule has 3 rings (SSSR count). The summed E-state index contributed by atoms with van der Waals surface area (Å²) in [5.41, 5.74) is 3.41. The maximum Gasteiger partial charge on any atom is 0.272 e. The van der Waals surface area contributed by atoms with Crippen molar-refractivity contribution in [3.8, 4) is 5.75 Å². The number of ether oxygens (including phenoxy) is 1. The highest BCUT2D eigenvalue weighted by Gasteiger charge is 2.17. The van der Waals surface area contributed by atoms with E-state index >= 15 is 0 Å². The molecule has 1 amide bonds. The van der Waals surface area contributed by atoms with Crippen molar-refractivity contribution in [2.24, 2.45) is 0 Å². The fourth-order valence-electron chi connectivity index (χ4n) is 2.88. The number of amides is 1. The van der Waals surface area contributed by atoms with Gasteiger partial charge in [-0.15, -0.1) is 6.58 Å². The largest absolute Gasteiger partial charge is 0.489 e. The molecule has 4 heteroatoms. The molecule has 4 nitrogen and oxygen atoms in total. The van der Waals surface area contributed by atoms with E-state index in [1.807, 2.05) is 60.0 Å². The number of fused-ring (bicyclic) bond motifs is 1. The maximum atomic E-state index is 12.9. The van der Waals surface area contributed by atoms with E-state index in [2.05, 4.69) is 18.5 Å². The van der Waals surface area contributed by atoms with Crippen molar-refractivity contribution in [3.05, 3.63) is 85.1 Å². The molecule has 0 atom stereocenters. The average Bonchev–Trinajstić information content (AvgIpc) is 3.02. The normalized spacial score (nSPS) is 10.5. The second-order valence-electron chi connectivity index (χ2n) is 6.04. The van der Waals surface area contributed by atoms with Crippen LogP contribution in [-0.4, -0.2) is 17.1 Å². The van der Waals surface area contributed by atoms with Crippen LogP contribution in [0.15, 0.2) is 73.8 Å². The monoisotopic (exact) mass is 346 g/mol. The molecule has 1 N–H and O–H groups in total. The number of hydrogen-bond donors (Lipinski definition) is 1. The first kappa shape index (κ1) is 17.5. The highest BCUT2D eigenvalue weighted by molar-refractivity contribution is 6.07. The van der Waals surface area contributed by atoms with Crippen LogP contribution in [0.2, 0.25) is 0 Å². The number of anilines is 1. The van der Waals surface area contributed by atoms with Crippen LogP contribution in [0.25, 0.3) is 10.9 Å². The maximum absolute atomic E-state index is 12.9. The van der Waals surface area contributed by atoms with Gasteiger partial charge in [0.1, 0.15) is 18.1 Å². The molecule has 0 radical (unpaired) electrons. The summed E-state index contributed by atoms with van der Waals surface area (Å²) in [5, 5.41) is 3.85. The number of carbonyl (C=O) groups excluding carboxylic acids is 1. The van der Waals surface area contributed by atoms with Crippen LogP contribution in [0.1, 0.15) is 16.1 Å². The summed E-state index contributed by atoms with van der Waals surface area (Å²) >= 11 is 0. The minimum Gasteiger partial charge on any atom is -0.489 e. The average molecular weight is 346 g/mol. The summed E-state index contributed by atoms with van der Waals surface area (Å²) in [6.07, 6.45) is 3.48. The number of aryl methyl sites for hydroxylation is 1. The Labute approximate surface area is 153 Å². The number of nitrogens with zero attached hydrogens (tertiary/aromatic N) is 1. The number of nitrogens with one attached hydrogen (secondary N) is 1. The van der Waals surface area contributed by atoms with Crippen molar-refractivity contribution in [2.45, 2.75) is 13.5 Å². The van der Waals surface area contributed by atoms with E-state index in [1.54, 1.807) is 12.2 Å². The molecule has 0 saturated heterocycles. The molecule has 26 heavy (non-hydrogen) atoms. The van der Waals surface area contributed by atoms with Crippen molar-refractivity contribution >= 4 is 22.5 Å². The predicted molar refractivity (Wildman–Crippen MR) is 107 cm³/mol. The molecule has 0 fully saturated rings. The summed E-state index contributed by atoms with van der Waals surface area (Å²) < 4.78 is 7.67. The van der Waals surface area contributed by atoms with Gasteiger partial charge in [0.05, 0.1) is 5.52 Å². The number of carbonyl (C=O) groups is 1. The van der Waals surface area contributed by atoms with Gasteiger partial charge in [0, 0.05) is 17.6 Å². The van der Waals surface area contributed by atoms with Crippen molar-refractivity contribution in [1.29, 1.82) is 0 Å². The molecule has 0 saturated carbocycles. The zero-order valence-electron chi connectivity index (χ0n) is 14.9. The molecule has 0 aliphatic heterocycles. The highest BCUT2D eigenvalue weighted by atomic mass is 16.5. The quantitative estimate of drug-likeness (QED) is 0.615. The van der Waals surface area contributed by atoms with Gasteiger partial charge in [-0.05, 0) is 37.3 Å². The second-order valence-corrected chi connectivity index (χ2v) is 6.04. The molecule has 2 aromatic carbocycles. The summed E-state index contributed by atoms with van der Waals surface area (Å²) in [6, 6.07) is 15.4. The van der Waals surface area contributed by atoms with Crippen molar-refractivity contribution < 1.29 is 9.53 Å². The van der Waals surface area contributed by atoms with Gasteiger partial charge in [-0.1, -0.05) is 42.5 Å². The van der Waals surface area contributed by atoms with E-state index in [9.17, 15) is 4.79 Å². The standard InChI is InChI=1S/C22H22N2O2/c1-4-13-24-19-7-6-8-21(26-14-5-2)18(19)15-20(24)22(25)23-17-11-9-16(3)10-12-17/h4-12,15H,1-2,13-14H2,3H3,(H,23,25). The highest BCUT2D eigenvalue weighted by Crippen LogP contribution is 2.29. The third-order valence-electron chi connectivity index (χ3n) is 4.12. The summed E-state index contributed by atoms with van der Waals surface area (Å²) in [7, 11) is 0. The molecule has 1 aromatic heterocycles. The van der Waals surface area contributed by atoms with Gasteiger partial charge in [-0.2, -0.15) is 0 Å². The van der Waals surface area contributed by atoms with Crippen LogP contribution in [-0.2, 0) is 6.54 Å². The number of allylic oxidation sites excluding steroid dienone is 1. The Kier molecular flexibility index (Phi) is 5.23. The SMILES string of the molecule is C=CCOc1cccc2c1cc(C(=O)Nc1ccc(C)cc1)n2CC=C. The molecular formula is C22H22N2O2. The van der Waals surface area contributed by atoms with Crippen LogP contribution in [0.3, 0.4) is 0 Å². The van der Waals surface area contributed by atoms with Crippen LogP contribution in [0.5, 0.6) is 5.75 Å². The first-order valence-electron chi connectivity index (χ1n) is 8.49. The zero-order valence-corrected chi connectivity index (χ0v) is 14.9. The minimum atomic E-state index is -0.165. The van der Waals surface area contributed by atoms with E-state index < -0.39 is 0 Å². The van der Waals surface area contributed by atoms with Gasteiger partial charge in [-0.25, -0.2) is 0 Å². The lowest BCUT2D eigenvalue weighted by Crippen LogP contribution is -2.16. The topological polar surface area (TPSA) is 43.3 Å². The van der Waals surface area contributed by atoms with Gasteiger partial charge in [0.2, 0.25) is 0 Å². The summed E-state index contributed by atoms with van der Waals surface area (Å²) in [5.74, 6) is 0.566. The van der Waals surface area contributed by atoms with Crippen LogP contribution in [0, 0.1) is 6.92 Å². The van der Waals surface area contributed by atoms with Gasteiger partial charge < -0.3 is 14.6 Å². The Hall–Kier alpha value is -3.27. The summed E-state index contributed by atoms with van der Waals surface area (Å²) in [6.45, 7) is 10.5. The number of rotatable bonds is 7. The predicted octanol–water partition coefficient (Wildman–Crippen LogP) is 4.95. The fraction of sp³-hybridized carbons (Fsp3) is 0.136. The van der Waals surface area contributed by atoms with E-state index in [1.165, 1.54) is 0 Å². The second kappa shape index (κ2) is 7.74. The molecule has 1 heterocycles. The number of benzene rings is 2. The van der Waals surface area contributed by atoms with Gasteiger partial charge >= 0.3 is 0 Å². The fourth-order valence-corrected chi connectivity index (χ4v) is 2.88. The molecule has 0 aliphatic carbocycles.